The lowest BCUT2D eigenvalue weighted by Crippen LogP contribution is -2.18. The molecule has 1 aromatic rings. The lowest BCUT2D eigenvalue weighted by atomic mass is 9.99. The molecule has 1 aromatic carbocycles. The van der Waals surface area contributed by atoms with Gasteiger partial charge in [0.25, 0.3) is 0 Å². The molecular weight excluding hydrogens is 273 g/mol. The summed E-state index contributed by atoms with van der Waals surface area (Å²) in [4.78, 5) is 23.2. The first-order chi connectivity index (χ1) is 9.25. The second-order valence-corrected chi connectivity index (χ2v) is 4.36. The highest BCUT2D eigenvalue weighted by Gasteiger charge is 2.30. The van der Waals surface area contributed by atoms with Gasteiger partial charge < -0.3 is 4.74 Å². The molecule has 0 aliphatic rings. The van der Waals surface area contributed by atoms with Crippen molar-refractivity contribution in [1.82, 2.24) is 0 Å². The van der Waals surface area contributed by atoms with Crippen molar-refractivity contribution in [3.63, 3.8) is 0 Å². The van der Waals surface area contributed by atoms with Crippen molar-refractivity contribution in [2.45, 2.75) is 26.4 Å². The van der Waals surface area contributed by atoms with Crippen molar-refractivity contribution >= 4 is 11.8 Å². The summed E-state index contributed by atoms with van der Waals surface area (Å²) in [5.41, 5.74) is -0.665. The monoisotopic (exact) mass is 288 g/mol. The molecule has 0 aromatic heterocycles. The van der Waals surface area contributed by atoms with Crippen LogP contribution in [0.25, 0.3) is 0 Å². The van der Waals surface area contributed by atoms with Crippen LogP contribution in [0, 0.1) is 5.92 Å². The Bertz CT molecular complexity index is 477. The number of ether oxygens (including phenoxy) is 1. The SMILES string of the molecule is CCOC(=O)C(C)CC(=O)c1ccc(C(F)(F)F)cc1. The zero-order valence-corrected chi connectivity index (χ0v) is 11.2. The number of ketones is 1. The summed E-state index contributed by atoms with van der Waals surface area (Å²) in [6.45, 7) is 3.42. The third kappa shape index (κ3) is 4.36. The van der Waals surface area contributed by atoms with Crippen LogP contribution in [0.4, 0.5) is 13.2 Å². The van der Waals surface area contributed by atoms with E-state index in [-0.39, 0.29) is 24.4 Å². The standard InChI is InChI=1S/C14H15F3O3/c1-3-20-13(19)9(2)8-12(18)10-4-6-11(7-5-10)14(15,16)17/h4-7,9H,3,8H2,1-2H3. The molecule has 1 unspecified atom stereocenters. The van der Waals surface area contributed by atoms with Gasteiger partial charge in [-0.05, 0) is 19.1 Å². The molecule has 0 N–H and O–H groups in total. The summed E-state index contributed by atoms with van der Waals surface area (Å²) < 4.78 is 41.9. The van der Waals surface area contributed by atoms with Gasteiger partial charge in [-0.2, -0.15) is 13.2 Å². The van der Waals surface area contributed by atoms with Crippen LogP contribution in [0.15, 0.2) is 24.3 Å². The van der Waals surface area contributed by atoms with E-state index in [0.29, 0.717) is 0 Å². The average molecular weight is 288 g/mol. The van der Waals surface area contributed by atoms with Gasteiger partial charge in [-0.3, -0.25) is 9.59 Å². The summed E-state index contributed by atoms with van der Waals surface area (Å²) in [5.74, 6) is -1.50. The smallest absolute Gasteiger partial charge is 0.416 e. The first kappa shape index (κ1) is 16.2. The second kappa shape index (κ2) is 6.54. The average Bonchev–Trinajstić information content (AvgIpc) is 2.38. The molecule has 1 atom stereocenters. The Labute approximate surface area is 114 Å². The quantitative estimate of drug-likeness (QED) is 0.615. The number of carbonyl (C=O) groups excluding carboxylic acids is 2. The summed E-state index contributed by atoms with van der Waals surface area (Å²) in [6.07, 6.45) is -4.52. The van der Waals surface area contributed by atoms with Gasteiger partial charge in [-0.1, -0.05) is 19.1 Å². The van der Waals surface area contributed by atoms with Gasteiger partial charge in [0.05, 0.1) is 18.1 Å². The molecule has 20 heavy (non-hydrogen) atoms. The van der Waals surface area contributed by atoms with Crippen LogP contribution in [0.3, 0.4) is 0 Å². The number of rotatable bonds is 5. The van der Waals surface area contributed by atoms with Gasteiger partial charge in [0.15, 0.2) is 5.78 Å². The fourth-order valence-corrected chi connectivity index (χ4v) is 1.61. The van der Waals surface area contributed by atoms with E-state index in [4.69, 9.17) is 4.74 Å². The van der Waals surface area contributed by atoms with Crippen molar-refractivity contribution in [2.24, 2.45) is 5.92 Å². The van der Waals surface area contributed by atoms with E-state index in [9.17, 15) is 22.8 Å². The maximum absolute atomic E-state index is 12.4. The highest BCUT2D eigenvalue weighted by molar-refractivity contribution is 5.98. The van der Waals surface area contributed by atoms with Crippen molar-refractivity contribution in [1.29, 1.82) is 0 Å². The van der Waals surface area contributed by atoms with Crippen LogP contribution in [-0.4, -0.2) is 18.4 Å². The first-order valence-corrected chi connectivity index (χ1v) is 6.12. The fourth-order valence-electron chi connectivity index (χ4n) is 1.61. The number of Topliss-reactive ketones (excluding diaryl/α,β-unsaturated/α-hetero) is 1. The Balaban J connectivity index is 2.71. The van der Waals surface area contributed by atoms with E-state index in [1.807, 2.05) is 0 Å². The molecule has 0 heterocycles. The number of halogens is 3. The van der Waals surface area contributed by atoms with Crippen molar-refractivity contribution < 1.29 is 27.5 Å². The minimum atomic E-state index is -4.43. The van der Waals surface area contributed by atoms with Gasteiger partial charge in [0, 0.05) is 12.0 Å². The lowest BCUT2D eigenvalue weighted by Gasteiger charge is -2.10. The van der Waals surface area contributed by atoms with E-state index >= 15 is 0 Å². The molecule has 0 radical (unpaired) electrons. The number of esters is 1. The normalized spacial score (nSPS) is 12.8. The largest absolute Gasteiger partial charge is 0.466 e. The summed E-state index contributed by atoms with van der Waals surface area (Å²) in [5, 5.41) is 0. The molecule has 0 aliphatic heterocycles. The third-order valence-electron chi connectivity index (χ3n) is 2.71. The summed E-state index contributed by atoms with van der Waals surface area (Å²) in [7, 11) is 0. The van der Waals surface area contributed by atoms with Gasteiger partial charge >= 0.3 is 12.1 Å². The van der Waals surface area contributed by atoms with E-state index in [1.54, 1.807) is 13.8 Å². The van der Waals surface area contributed by atoms with Crippen molar-refractivity contribution in [3.05, 3.63) is 35.4 Å². The molecule has 3 nitrogen and oxygen atoms in total. The van der Waals surface area contributed by atoms with Crippen LogP contribution in [0.2, 0.25) is 0 Å². The molecule has 0 aliphatic carbocycles. The number of carbonyl (C=O) groups is 2. The van der Waals surface area contributed by atoms with Gasteiger partial charge in [-0.25, -0.2) is 0 Å². The van der Waals surface area contributed by atoms with E-state index in [2.05, 4.69) is 0 Å². The van der Waals surface area contributed by atoms with Crippen LogP contribution < -0.4 is 0 Å². The minimum absolute atomic E-state index is 0.0931. The maximum Gasteiger partial charge on any atom is 0.416 e. The molecule has 1 rings (SSSR count). The van der Waals surface area contributed by atoms with E-state index < -0.39 is 23.6 Å². The topological polar surface area (TPSA) is 43.4 Å². The molecule has 0 saturated carbocycles. The van der Waals surface area contributed by atoms with Crippen molar-refractivity contribution in [2.75, 3.05) is 6.61 Å². The van der Waals surface area contributed by atoms with Crippen LogP contribution >= 0.6 is 0 Å². The number of benzene rings is 1. The first-order valence-electron chi connectivity index (χ1n) is 6.12. The van der Waals surface area contributed by atoms with Crippen molar-refractivity contribution in [3.8, 4) is 0 Å². The van der Waals surface area contributed by atoms with Crippen LogP contribution in [0.1, 0.15) is 36.2 Å². The van der Waals surface area contributed by atoms with E-state index in [1.165, 1.54) is 0 Å². The Morgan fingerprint density at radius 2 is 1.75 bits per heavy atom. The third-order valence-corrected chi connectivity index (χ3v) is 2.71. The molecule has 6 heteroatoms. The number of hydrogen-bond acceptors (Lipinski definition) is 3. The molecule has 0 fully saturated rings. The Morgan fingerprint density at radius 3 is 2.20 bits per heavy atom. The highest BCUT2D eigenvalue weighted by atomic mass is 19.4. The maximum atomic E-state index is 12.4. The van der Waals surface area contributed by atoms with Gasteiger partial charge in [0.1, 0.15) is 0 Å². The molecular formula is C14H15F3O3. The number of hydrogen-bond donors (Lipinski definition) is 0. The Kier molecular flexibility index (Phi) is 5.30. The van der Waals surface area contributed by atoms with Crippen LogP contribution in [0.5, 0.6) is 0 Å². The predicted molar refractivity (Wildman–Crippen MR) is 66.2 cm³/mol. The van der Waals surface area contributed by atoms with E-state index in [0.717, 1.165) is 24.3 Å². The zero-order chi connectivity index (χ0) is 15.3. The fraction of sp³-hybridized carbons (Fsp3) is 0.429. The zero-order valence-electron chi connectivity index (χ0n) is 11.2. The highest BCUT2D eigenvalue weighted by Crippen LogP contribution is 2.29. The molecule has 0 spiro atoms. The van der Waals surface area contributed by atoms with Crippen LogP contribution in [-0.2, 0) is 15.7 Å². The Morgan fingerprint density at radius 1 is 1.20 bits per heavy atom. The molecule has 0 bridgehead atoms. The van der Waals surface area contributed by atoms with Gasteiger partial charge in [-0.15, -0.1) is 0 Å². The van der Waals surface area contributed by atoms with Gasteiger partial charge in [0.2, 0.25) is 0 Å². The molecule has 110 valence electrons. The molecule has 0 amide bonds. The predicted octanol–water partition coefficient (Wildman–Crippen LogP) is 3.48. The Hall–Kier alpha value is -1.85. The minimum Gasteiger partial charge on any atom is -0.466 e. The summed E-state index contributed by atoms with van der Waals surface area (Å²) in [6, 6.07) is 3.93. The second-order valence-electron chi connectivity index (χ2n) is 4.36. The summed E-state index contributed by atoms with van der Waals surface area (Å²) >= 11 is 0. The lowest BCUT2D eigenvalue weighted by molar-refractivity contribution is -0.147. The molecule has 0 saturated heterocycles. The number of alkyl halides is 3.